The van der Waals surface area contributed by atoms with Crippen molar-refractivity contribution in [3.63, 3.8) is 0 Å². The lowest BCUT2D eigenvalue weighted by atomic mass is 10.1. The van der Waals surface area contributed by atoms with Crippen LogP contribution in [0.15, 0.2) is 36.4 Å². The zero-order valence-corrected chi connectivity index (χ0v) is 14.4. The highest BCUT2D eigenvalue weighted by Crippen LogP contribution is 2.30. The summed E-state index contributed by atoms with van der Waals surface area (Å²) in [5, 5.41) is 22.6. The standard InChI is InChI=1S/C19H19N5O/c1-11-7-8-16(12(2)9-11)24-19(20-17(10-25)23-24)15-6-4-5-14-13(3)21-22-18(14)15/h4-9,25H,10H2,1-3H3,(H,21,22). The van der Waals surface area contributed by atoms with Crippen LogP contribution in [0.25, 0.3) is 28.0 Å². The molecule has 0 atom stereocenters. The van der Waals surface area contributed by atoms with Crippen LogP contribution in [0.1, 0.15) is 22.6 Å². The van der Waals surface area contributed by atoms with Gasteiger partial charge >= 0.3 is 0 Å². The van der Waals surface area contributed by atoms with Crippen molar-refractivity contribution in [3.8, 4) is 17.1 Å². The first kappa shape index (κ1) is 15.5. The van der Waals surface area contributed by atoms with E-state index in [9.17, 15) is 5.11 Å². The van der Waals surface area contributed by atoms with Crippen LogP contribution in [0.3, 0.4) is 0 Å². The average molecular weight is 333 g/mol. The summed E-state index contributed by atoms with van der Waals surface area (Å²) in [4.78, 5) is 4.55. The van der Waals surface area contributed by atoms with E-state index in [2.05, 4.69) is 33.3 Å². The SMILES string of the molecule is Cc1ccc(-n2nc(CO)nc2-c2cccc3c(C)[nH]nc23)c(C)c1. The minimum atomic E-state index is -0.208. The summed E-state index contributed by atoms with van der Waals surface area (Å²) in [6, 6.07) is 12.2. The summed E-state index contributed by atoms with van der Waals surface area (Å²) < 4.78 is 1.79. The molecule has 0 spiro atoms. The third kappa shape index (κ3) is 2.51. The second-order valence-corrected chi connectivity index (χ2v) is 6.26. The molecule has 2 heterocycles. The summed E-state index contributed by atoms with van der Waals surface area (Å²) in [6.07, 6.45) is 0. The summed E-state index contributed by atoms with van der Waals surface area (Å²) in [5.74, 6) is 1.06. The smallest absolute Gasteiger partial charge is 0.177 e. The highest BCUT2D eigenvalue weighted by molar-refractivity contribution is 5.93. The van der Waals surface area contributed by atoms with Crippen LogP contribution in [0, 0.1) is 20.8 Å². The van der Waals surface area contributed by atoms with Gasteiger partial charge in [0.2, 0.25) is 0 Å². The molecule has 0 aliphatic carbocycles. The summed E-state index contributed by atoms with van der Waals surface area (Å²) in [6.45, 7) is 5.89. The monoisotopic (exact) mass is 333 g/mol. The Balaban J connectivity index is 2.00. The number of aryl methyl sites for hydroxylation is 3. The van der Waals surface area contributed by atoms with Gasteiger partial charge in [0.25, 0.3) is 0 Å². The number of para-hydroxylation sites is 1. The van der Waals surface area contributed by atoms with Crippen LogP contribution >= 0.6 is 0 Å². The molecule has 0 saturated carbocycles. The second kappa shape index (κ2) is 5.82. The van der Waals surface area contributed by atoms with Crippen LogP contribution in [-0.2, 0) is 6.61 Å². The summed E-state index contributed by atoms with van der Waals surface area (Å²) in [7, 11) is 0. The lowest BCUT2D eigenvalue weighted by Gasteiger charge is -2.10. The molecule has 4 rings (SSSR count). The van der Waals surface area contributed by atoms with E-state index in [1.54, 1.807) is 4.68 Å². The number of hydrogen-bond donors (Lipinski definition) is 2. The molecule has 126 valence electrons. The number of aromatic nitrogens is 5. The molecule has 6 heteroatoms. The topological polar surface area (TPSA) is 79.6 Å². The normalized spacial score (nSPS) is 11.4. The van der Waals surface area contributed by atoms with E-state index in [4.69, 9.17) is 0 Å². The zero-order chi connectivity index (χ0) is 17.6. The van der Waals surface area contributed by atoms with Crippen molar-refractivity contribution in [2.45, 2.75) is 27.4 Å². The maximum absolute atomic E-state index is 9.54. The van der Waals surface area contributed by atoms with Crippen molar-refractivity contribution in [3.05, 3.63) is 59.0 Å². The van der Waals surface area contributed by atoms with Crippen molar-refractivity contribution in [2.75, 3.05) is 0 Å². The highest BCUT2D eigenvalue weighted by Gasteiger charge is 2.18. The third-order valence-electron chi connectivity index (χ3n) is 4.39. The van der Waals surface area contributed by atoms with Gasteiger partial charge in [-0.05, 0) is 38.5 Å². The van der Waals surface area contributed by atoms with Crippen molar-refractivity contribution in [1.29, 1.82) is 0 Å². The minimum absolute atomic E-state index is 0.208. The van der Waals surface area contributed by atoms with E-state index in [0.29, 0.717) is 11.6 Å². The summed E-state index contributed by atoms with van der Waals surface area (Å²) in [5.41, 5.74) is 5.97. The van der Waals surface area contributed by atoms with Gasteiger partial charge in [0, 0.05) is 16.6 Å². The fraction of sp³-hybridized carbons (Fsp3) is 0.211. The molecule has 2 N–H and O–H groups in total. The van der Waals surface area contributed by atoms with Gasteiger partial charge in [-0.1, -0.05) is 29.8 Å². The first-order chi connectivity index (χ1) is 12.1. The average Bonchev–Trinajstić information content (AvgIpc) is 3.19. The van der Waals surface area contributed by atoms with E-state index < -0.39 is 0 Å². The van der Waals surface area contributed by atoms with Gasteiger partial charge in [0.05, 0.1) is 5.69 Å². The lowest BCUT2D eigenvalue weighted by Crippen LogP contribution is -2.03. The molecule has 4 aromatic rings. The Morgan fingerprint density at radius 1 is 1.12 bits per heavy atom. The molecule has 0 unspecified atom stereocenters. The van der Waals surface area contributed by atoms with E-state index in [0.717, 1.165) is 33.4 Å². The van der Waals surface area contributed by atoms with Gasteiger partial charge in [-0.3, -0.25) is 5.10 Å². The Morgan fingerprint density at radius 3 is 2.72 bits per heavy atom. The number of benzene rings is 2. The number of aliphatic hydroxyl groups excluding tert-OH is 1. The maximum atomic E-state index is 9.54. The maximum Gasteiger partial charge on any atom is 0.177 e. The number of nitrogens with one attached hydrogen (secondary N) is 1. The second-order valence-electron chi connectivity index (χ2n) is 6.26. The van der Waals surface area contributed by atoms with Crippen molar-refractivity contribution in [1.82, 2.24) is 25.0 Å². The Hall–Kier alpha value is -2.99. The van der Waals surface area contributed by atoms with Crippen molar-refractivity contribution < 1.29 is 5.11 Å². The number of hydrogen-bond acceptors (Lipinski definition) is 4. The molecular weight excluding hydrogens is 314 g/mol. The van der Waals surface area contributed by atoms with Crippen molar-refractivity contribution >= 4 is 10.9 Å². The lowest BCUT2D eigenvalue weighted by molar-refractivity contribution is 0.271. The molecule has 2 aromatic heterocycles. The van der Waals surface area contributed by atoms with Crippen LogP contribution in [0.4, 0.5) is 0 Å². The Labute approximate surface area is 145 Å². The predicted octanol–water partition coefficient (Wildman–Crippen LogP) is 3.23. The van der Waals surface area contributed by atoms with Gasteiger partial charge in [-0.15, -0.1) is 5.10 Å². The van der Waals surface area contributed by atoms with Crippen molar-refractivity contribution in [2.24, 2.45) is 0 Å². The van der Waals surface area contributed by atoms with E-state index >= 15 is 0 Å². The molecule has 0 aliphatic rings. The van der Waals surface area contributed by atoms with Gasteiger partial charge in [0.15, 0.2) is 11.6 Å². The third-order valence-corrected chi connectivity index (χ3v) is 4.39. The molecule has 0 radical (unpaired) electrons. The Bertz CT molecular complexity index is 1080. The molecule has 0 amide bonds. The first-order valence-electron chi connectivity index (χ1n) is 8.17. The molecule has 2 aromatic carbocycles. The fourth-order valence-electron chi connectivity index (χ4n) is 3.15. The highest BCUT2D eigenvalue weighted by atomic mass is 16.3. The number of aromatic amines is 1. The van der Waals surface area contributed by atoms with Gasteiger partial charge in [-0.25, -0.2) is 9.67 Å². The van der Waals surface area contributed by atoms with Crippen LogP contribution in [-0.4, -0.2) is 30.1 Å². The van der Waals surface area contributed by atoms with Gasteiger partial charge < -0.3 is 5.11 Å². The predicted molar refractivity (Wildman–Crippen MR) is 96.6 cm³/mol. The van der Waals surface area contributed by atoms with Gasteiger partial charge in [-0.2, -0.15) is 5.10 Å². The molecular formula is C19H19N5O. The number of nitrogens with zero attached hydrogens (tertiary/aromatic N) is 4. The number of rotatable bonds is 3. The van der Waals surface area contributed by atoms with Crippen LogP contribution < -0.4 is 0 Å². The molecule has 25 heavy (non-hydrogen) atoms. The largest absolute Gasteiger partial charge is 0.388 e. The number of fused-ring (bicyclic) bond motifs is 1. The summed E-state index contributed by atoms with van der Waals surface area (Å²) >= 11 is 0. The van der Waals surface area contributed by atoms with E-state index in [1.165, 1.54) is 5.56 Å². The van der Waals surface area contributed by atoms with Gasteiger partial charge in [0.1, 0.15) is 12.1 Å². The number of aliphatic hydroxyl groups is 1. The fourth-order valence-corrected chi connectivity index (χ4v) is 3.15. The minimum Gasteiger partial charge on any atom is -0.388 e. The molecule has 0 fully saturated rings. The van der Waals surface area contributed by atoms with Crippen LogP contribution in [0.5, 0.6) is 0 Å². The molecule has 0 bridgehead atoms. The Morgan fingerprint density at radius 2 is 1.96 bits per heavy atom. The zero-order valence-electron chi connectivity index (χ0n) is 14.4. The van der Waals surface area contributed by atoms with E-state index in [1.807, 2.05) is 44.2 Å². The molecule has 6 nitrogen and oxygen atoms in total. The first-order valence-corrected chi connectivity index (χ1v) is 8.17. The van der Waals surface area contributed by atoms with E-state index in [-0.39, 0.29) is 6.61 Å². The number of H-pyrrole nitrogens is 1. The molecule has 0 saturated heterocycles. The molecule has 0 aliphatic heterocycles. The quantitative estimate of drug-likeness (QED) is 0.603. The Kier molecular flexibility index (Phi) is 3.62. The van der Waals surface area contributed by atoms with Crippen LogP contribution in [0.2, 0.25) is 0 Å².